The highest BCUT2D eigenvalue weighted by Gasteiger charge is 2.27. The van der Waals surface area contributed by atoms with Crippen molar-refractivity contribution in [3.63, 3.8) is 0 Å². The lowest BCUT2D eigenvalue weighted by molar-refractivity contribution is -0.688. The minimum atomic E-state index is -0.107. The summed E-state index contributed by atoms with van der Waals surface area (Å²) in [7, 11) is 1.59. The first-order valence-corrected chi connectivity index (χ1v) is 8.79. The fourth-order valence-electron chi connectivity index (χ4n) is 3.02. The fraction of sp³-hybridized carbons (Fsp3) is 0.130. The summed E-state index contributed by atoms with van der Waals surface area (Å²) in [5.41, 5.74) is 3.98. The number of nitrogens with zero attached hydrogens (tertiary/aromatic N) is 1. The Labute approximate surface area is 170 Å². The topological polar surface area (TPSA) is 39.4 Å². The maximum Gasteiger partial charge on any atom is 0.231 e. The van der Waals surface area contributed by atoms with Gasteiger partial charge < -0.3 is 21.9 Å². The van der Waals surface area contributed by atoms with Crippen molar-refractivity contribution >= 4 is 11.9 Å². The second-order valence-corrected chi connectivity index (χ2v) is 6.59. The Bertz CT molecular complexity index is 1020. The molecule has 1 aromatic heterocycles. The quantitative estimate of drug-likeness (QED) is 0.489. The summed E-state index contributed by atoms with van der Waals surface area (Å²) in [6.07, 6.45) is 5.77. The van der Waals surface area contributed by atoms with E-state index in [2.05, 4.69) is 35.8 Å². The zero-order chi connectivity index (χ0) is 18.8. The standard InChI is InChI=1S/C23H20NO3.ClH/c1-16-3-5-18(6-4-16)15-24-11-9-17(10-12-24)13-22-23(25)20-8-7-19(26-2)14-21(20)27-22;/h3-14H,15H2,1-2H3;1H/q+1;/p-1/b22-13-;. The summed E-state index contributed by atoms with van der Waals surface area (Å²) in [6, 6.07) is 17.7. The molecule has 0 amide bonds. The number of fused-ring (bicyclic) bond motifs is 1. The number of aryl methyl sites for hydroxylation is 1. The van der Waals surface area contributed by atoms with Gasteiger partial charge >= 0.3 is 0 Å². The molecule has 3 aromatic rings. The first-order valence-electron chi connectivity index (χ1n) is 8.79. The van der Waals surface area contributed by atoms with Gasteiger partial charge in [-0.05, 0) is 30.7 Å². The third-order valence-electron chi connectivity index (χ3n) is 4.58. The largest absolute Gasteiger partial charge is 1.00 e. The van der Waals surface area contributed by atoms with E-state index >= 15 is 0 Å². The predicted octanol–water partition coefficient (Wildman–Crippen LogP) is 0.960. The first kappa shape index (κ1) is 19.6. The van der Waals surface area contributed by atoms with Gasteiger partial charge in [-0.25, -0.2) is 4.57 Å². The summed E-state index contributed by atoms with van der Waals surface area (Å²) in [4.78, 5) is 12.5. The number of hydrogen-bond acceptors (Lipinski definition) is 3. The molecule has 0 bridgehead atoms. The van der Waals surface area contributed by atoms with Gasteiger partial charge in [0.25, 0.3) is 0 Å². The smallest absolute Gasteiger partial charge is 0.231 e. The van der Waals surface area contributed by atoms with E-state index in [1.165, 1.54) is 11.1 Å². The van der Waals surface area contributed by atoms with Crippen LogP contribution in [0.2, 0.25) is 0 Å². The van der Waals surface area contributed by atoms with Gasteiger partial charge in [-0.2, -0.15) is 0 Å². The second-order valence-electron chi connectivity index (χ2n) is 6.59. The van der Waals surface area contributed by atoms with Crippen molar-refractivity contribution in [1.29, 1.82) is 0 Å². The number of benzene rings is 2. The number of allylic oxidation sites excluding steroid dienone is 1. The Balaban J connectivity index is 0.00000225. The molecule has 0 aliphatic carbocycles. The second kappa shape index (κ2) is 8.28. The molecule has 0 saturated carbocycles. The number of hydrogen-bond donors (Lipinski definition) is 0. The van der Waals surface area contributed by atoms with Gasteiger partial charge in [0.1, 0.15) is 11.5 Å². The van der Waals surface area contributed by atoms with Crippen LogP contribution in [0.25, 0.3) is 6.08 Å². The molecule has 0 saturated heterocycles. The van der Waals surface area contributed by atoms with Crippen molar-refractivity contribution < 1.29 is 31.2 Å². The molecule has 0 unspecified atom stereocenters. The van der Waals surface area contributed by atoms with Gasteiger partial charge in [0.05, 0.1) is 12.7 Å². The molecular formula is C23H20ClNO3. The first-order chi connectivity index (χ1) is 13.1. The maximum atomic E-state index is 12.5. The van der Waals surface area contributed by atoms with Gasteiger partial charge in [-0.15, -0.1) is 0 Å². The molecular weight excluding hydrogens is 374 g/mol. The molecule has 142 valence electrons. The van der Waals surface area contributed by atoms with Crippen LogP contribution in [0.15, 0.2) is 72.8 Å². The van der Waals surface area contributed by atoms with E-state index in [9.17, 15) is 4.79 Å². The molecule has 0 radical (unpaired) electrons. The highest BCUT2D eigenvalue weighted by Crippen LogP contribution is 2.34. The van der Waals surface area contributed by atoms with Crippen LogP contribution in [0.3, 0.4) is 0 Å². The highest BCUT2D eigenvalue weighted by atomic mass is 35.5. The van der Waals surface area contributed by atoms with Crippen molar-refractivity contribution in [2.24, 2.45) is 0 Å². The number of ketones is 1. The third-order valence-corrected chi connectivity index (χ3v) is 4.58. The normalized spacial score (nSPS) is 13.6. The predicted molar refractivity (Wildman–Crippen MR) is 103 cm³/mol. The number of carbonyl (C=O) groups excluding carboxylic acids is 1. The molecule has 4 rings (SSSR count). The Kier molecular flexibility index (Phi) is 5.81. The number of aromatic nitrogens is 1. The summed E-state index contributed by atoms with van der Waals surface area (Å²) >= 11 is 0. The van der Waals surface area contributed by atoms with Crippen LogP contribution in [0, 0.1) is 6.92 Å². The van der Waals surface area contributed by atoms with E-state index in [1.54, 1.807) is 31.4 Å². The molecule has 0 atom stereocenters. The number of carbonyl (C=O) groups is 1. The zero-order valence-corrected chi connectivity index (χ0v) is 16.4. The molecule has 2 heterocycles. The molecule has 28 heavy (non-hydrogen) atoms. The number of halogens is 1. The minimum Gasteiger partial charge on any atom is -1.00 e. The summed E-state index contributed by atoms with van der Waals surface area (Å²) in [5, 5.41) is 0. The molecule has 2 aromatic carbocycles. The van der Waals surface area contributed by atoms with Gasteiger partial charge in [0.2, 0.25) is 5.78 Å². The molecule has 0 N–H and O–H groups in total. The van der Waals surface area contributed by atoms with Crippen LogP contribution in [0.4, 0.5) is 0 Å². The number of rotatable bonds is 4. The Hall–Kier alpha value is -3.11. The maximum absolute atomic E-state index is 12.5. The lowest BCUT2D eigenvalue weighted by Gasteiger charge is -2.01. The van der Waals surface area contributed by atoms with Crippen molar-refractivity contribution in [2.75, 3.05) is 7.11 Å². The summed E-state index contributed by atoms with van der Waals surface area (Å²) in [5.74, 6) is 1.43. The van der Waals surface area contributed by atoms with Crippen LogP contribution < -0.4 is 26.4 Å². The van der Waals surface area contributed by atoms with E-state index in [1.807, 2.05) is 24.5 Å². The SMILES string of the molecule is COc1ccc2c(c1)O/C(=C\c1cc[n+](Cc3ccc(C)cc3)cc1)C2=O.[Cl-]. The number of methoxy groups -OCH3 is 1. The number of pyridine rings is 1. The number of ether oxygens (including phenoxy) is 2. The van der Waals surface area contributed by atoms with Crippen molar-refractivity contribution in [1.82, 2.24) is 0 Å². The lowest BCUT2D eigenvalue weighted by Crippen LogP contribution is -3.00. The minimum absolute atomic E-state index is 0. The summed E-state index contributed by atoms with van der Waals surface area (Å²) in [6.45, 7) is 2.89. The van der Waals surface area contributed by atoms with Crippen molar-refractivity contribution in [3.05, 3.63) is 95.0 Å². The van der Waals surface area contributed by atoms with Crippen LogP contribution in [-0.4, -0.2) is 12.9 Å². The van der Waals surface area contributed by atoms with E-state index in [-0.39, 0.29) is 18.2 Å². The number of Topliss-reactive ketones (excluding diaryl/α,β-unsaturated/α-hetero) is 1. The van der Waals surface area contributed by atoms with Crippen molar-refractivity contribution in [3.8, 4) is 11.5 Å². The monoisotopic (exact) mass is 393 g/mol. The zero-order valence-electron chi connectivity index (χ0n) is 15.7. The van der Waals surface area contributed by atoms with E-state index in [4.69, 9.17) is 9.47 Å². The molecule has 5 heteroatoms. The Morgan fingerprint density at radius 1 is 1.04 bits per heavy atom. The van der Waals surface area contributed by atoms with Crippen LogP contribution in [-0.2, 0) is 6.54 Å². The average molecular weight is 394 g/mol. The van der Waals surface area contributed by atoms with Crippen LogP contribution in [0.1, 0.15) is 27.0 Å². The fourth-order valence-corrected chi connectivity index (χ4v) is 3.02. The van der Waals surface area contributed by atoms with E-state index in [0.29, 0.717) is 22.8 Å². The van der Waals surface area contributed by atoms with Gasteiger partial charge in [-0.1, -0.05) is 29.8 Å². The van der Waals surface area contributed by atoms with Crippen LogP contribution >= 0.6 is 0 Å². The average Bonchev–Trinajstić information content (AvgIpc) is 3.00. The lowest BCUT2D eigenvalue weighted by atomic mass is 10.1. The van der Waals surface area contributed by atoms with Gasteiger partial charge in [0, 0.05) is 23.8 Å². The Morgan fingerprint density at radius 2 is 1.75 bits per heavy atom. The molecule has 1 aliphatic heterocycles. The third kappa shape index (κ3) is 4.07. The molecule has 4 nitrogen and oxygen atoms in total. The van der Waals surface area contributed by atoms with E-state index < -0.39 is 0 Å². The molecule has 0 fully saturated rings. The van der Waals surface area contributed by atoms with Crippen LogP contribution in [0.5, 0.6) is 11.5 Å². The van der Waals surface area contributed by atoms with Gasteiger partial charge in [0.15, 0.2) is 24.7 Å². The Morgan fingerprint density at radius 3 is 2.43 bits per heavy atom. The van der Waals surface area contributed by atoms with E-state index in [0.717, 1.165) is 12.1 Å². The molecule has 0 spiro atoms. The van der Waals surface area contributed by atoms with Crippen molar-refractivity contribution in [2.45, 2.75) is 13.5 Å². The van der Waals surface area contributed by atoms with Gasteiger partial charge in [-0.3, -0.25) is 4.79 Å². The highest BCUT2D eigenvalue weighted by molar-refractivity contribution is 6.14. The summed E-state index contributed by atoms with van der Waals surface area (Å²) < 4.78 is 13.0. The molecule has 1 aliphatic rings.